The fourth-order valence-corrected chi connectivity index (χ4v) is 2.91. The van der Waals surface area contributed by atoms with E-state index in [1.54, 1.807) is 0 Å². The van der Waals surface area contributed by atoms with Crippen LogP contribution in [0.2, 0.25) is 5.02 Å². The Labute approximate surface area is 133 Å². The minimum Gasteiger partial charge on any atom is -0.370 e. The number of rotatable bonds is 5. The molecule has 0 saturated heterocycles. The Morgan fingerprint density at radius 2 is 2.00 bits per heavy atom. The lowest BCUT2D eigenvalue weighted by molar-refractivity contribution is 0.917. The summed E-state index contributed by atoms with van der Waals surface area (Å²) in [6, 6.07) is 14.3. The minimum atomic E-state index is 0.663. The first-order valence-electron chi connectivity index (χ1n) is 6.54. The predicted molar refractivity (Wildman–Crippen MR) is 90.5 cm³/mol. The van der Waals surface area contributed by atoms with E-state index in [9.17, 15) is 0 Å². The van der Waals surface area contributed by atoms with Gasteiger partial charge in [0.25, 0.3) is 0 Å². The van der Waals surface area contributed by atoms with Crippen LogP contribution in [0.25, 0.3) is 0 Å². The average molecular weight is 354 g/mol. The molecule has 2 N–H and O–H groups in total. The molecule has 0 saturated carbocycles. The Morgan fingerprint density at radius 3 is 2.65 bits per heavy atom. The summed E-state index contributed by atoms with van der Waals surface area (Å²) >= 11 is 9.63. The number of anilines is 1. The van der Waals surface area contributed by atoms with Gasteiger partial charge >= 0.3 is 0 Å². The summed E-state index contributed by atoms with van der Waals surface area (Å²) in [4.78, 5) is 2.20. The van der Waals surface area contributed by atoms with Gasteiger partial charge in [-0.25, -0.2) is 0 Å². The smallest absolute Gasteiger partial charge is 0.0426 e. The van der Waals surface area contributed by atoms with E-state index in [1.807, 2.05) is 18.2 Å². The van der Waals surface area contributed by atoms with Gasteiger partial charge in [-0.1, -0.05) is 45.7 Å². The number of nitrogens with two attached hydrogens (primary N) is 1. The molecule has 20 heavy (non-hydrogen) atoms. The molecule has 0 radical (unpaired) electrons. The maximum atomic E-state index is 6.02. The maximum absolute atomic E-state index is 6.02. The van der Waals surface area contributed by atoms with E-state index in [1.165, 1.54) is 11.1 Å². The molecule has 2 rings (SSSR count). The van der Waals surface area contributed by atoms with Crippen molar-refractivity contribution in [2.24, 2.45) is 5.73 Å². The van der Waals surface area contributed by atoms with Crippen LogP contribution < -0.4 is 10.6 Å². The zero-order chi connectivity index (χ0) is 14.5. The third-order valence-corrected chi connectivity index (χ3v) is 4.17. The van der Waals surface area contributed by atoms with Gasteiger partial charge in [0.15, 0.2) is 0 Å². The lowest BCUT2D eigenvalue weighted by Crippen LogP contribution is -2.16. The van der Waals surface area contributed by atoms with Gasteiger partial charge in [-0.2, -0.15) is 0 Å². The van der Waals surface area contributed by atoms with Gasteiger partial charge in [0.1, 0.15) is 0 Å². The first-order chi connectivity index (χ1) is 9.60. The quantitative estimate of drug-likeness (QED) is 0.871. The molecule has 0 unspecified atom stereocenters. The van der Waals surface area contributed by atoms with E-state index >= 15 is 0 Å². The van der Waals surface area contributed by atoms with Crippen LogP contribution in [-0.4, -0.2) is 13.6 Å². The summed E-state index contributed by atoms with van der Waals surface area (Å²) in [6.45, 7) is 1.49. The molecule has 0 fully saturated rings. The Bertz CT molecular complexity index is 586. The molecule has 0 bridgehead atoms. The molecule has 0 spiro atoms. The van der Waals surface area contributed by atoms with Crippen molar-refractivity contribution in [3.63, 3.8) is 0 Å². The van der Waals surface area contributed by atoms with Crippen molar-refractivity contribution >= 4 is 33.2 Å². The average Bonchev–Trinajstić information content (AvgIpc) is 2.41. The molecule has 106 valence electrons. The Kier molecular flexibility index (Phi) is 5.46. The third kappa shape index (κ3) is 3.98. The molecular weight excluding hydrogens is 336 g/mol. The summed E-state index contributed by atoms with van der Waals surface area (Å²) < 4.78 is 1.11. The lowest BCUT2D eigenvalue weighted by Gasteiger charge is -2.20. The van der Waals surface area contributed by atoms with Crippen molar-refractivity contribution < 1.29 is 0 Å². The molecule has 0 atom stereocenters. The van der Waals surface area contributed by atoms with Gasteiger partial charge < -0.3 is 10.6 Å². The monoisotopic (exact) mass is 352 g/mol. The van der Waals surface area contributed by atoms with Crippen molar-refractivity contribution in [3.8, 4) is 0 Å². The normalized spacial score (nSPS) is 10.6. The minimum absolute atomic E-state index is 0.663. The predicted octanol–water partition coefficient (Wildman–Crippen LogP) is 4.24. The van der Waals surface area contributed by atoms with E-state index in [4.69, 9.17) is 17.3 Å². The highest BCUT2D eigenvalue weighted by molar-refractivity contribution is 9.10. The van der Waals surface area contributed by atoms with E-state index in [0.29, 0.717) is 6.54 Å². The van der Waals surface area contributed by atoms with E-state index in [0.717, 1.165) is 28.1 Å². The van der Waals surface area contributed by atoms with Gasteiger partial charge in [-0.3, -0.25) is 0 Å². The van der Waals surface area contributed by atoms with Crippen LogP contribution in [0.5, 0.6) is 0 Å². The number of nitrogens with zero attached hydrogens (tertiary/aromatic N) is 1. The van der Waals surface area contributed by atoms with Gasteiger partial charge in [0.05, 0.1) is 0 Å². The van der Waals surface area contributed by atoms with Gasteiger partial charge in [0.2, 0.25) is 0 Å². The fraction of sp³-hybridized carbons (Fsp3) is 0.250. The molecule has 2 nitrogen and oxygen atoms in total. The van der Waals surface area contributed by atoms with Crippen molar-refractivity contribution in [2.45, 2.75) is 13.0 Å². The lowest BCUT2D eigenvalue weighted by atomic mass is 10.1. The van der Waals surface area contributed by atoms with Crippen LogP contribution in [0, 0.1) is 0 Å². The van der Waals surface area contributed by atoms with Crippen LogP contribution in [-0.2, 0) is 13.0 Å². The second-order valence-corrected chi connectivity index (χ2v) is 6.09. The fourth-order valence-electron chi connectivity index (χ4n) is 2.13. The van der Waals surface area contributed by atoms with Gasteiger partial charge in [-0.15, -0.1) is 0 Å². The highest BCUT2D eigenvalue weighted by Crippen LogP contribution is 2.25. The van der Waals surface area contributed by atoms with Crippen LogP contribution in [0.1, 0.15) is 11.1 Å². The van der Waals surface area contributed by atoms with Crippen LogP contribution >= 0.6 is 27.5 Å². The molecule has 2 aromatic rings. The first kappa shape index (κ1) is 15.4. The van der Waals surface area contributed by atoms with E-state index < -0.39 is 0 Å². The highest BCUT2D eigenvalue weighted by atomic mass is 79.9. The Balaban J connectivity index is 2.13. The summed E-state index contributed by atoms with van der Waals surface area (Å²) in [5, 5.41) is 0.773. The van der Waals surface area contributed by atoms with Crippen LogP contribution in [0.15, 0.2) is 46.9 Å². The van der Waals surface area contributed by atoms with E-state index in [2.05, 4.69) is 52.1 Å². The summed E-state index contributed by atoms with van der Waals surface area (Å²) in [5.41, 5.74) is 9.20. The van der Waals surface area contributed by atoms with Gasteiger partial charge in [0, 0.05) is 28.8 Å². The molecule has 0 aliphatic rings. The molecule has 0 aliphatic carbocycles. The molecule has 0 amide bonds. The molecular formula is C16H18BrClN2. The molecule has 2 aromatic carbocycles. The number of hydrogen-bond acceptors (Lipinski definition) is 2. The standard InChI is InChI=1S/C16H18BrClN2/c1-20(11-12-3-2-4-14(18)9-12)15-6-5-13(7-8-19)16(17)10-15/h2-6,9-10H,7-8,11,19H2,1H3. The largest absolute Gasteiger partial charge is 0.370 e. The van der Waals surface area contributed by atoms with Gasteiger partial charge in [-0.05, 0) is 48.4 Å². The molecule has 0 aromatic heterocycles. The summed E-state index contributed by atoms with van der Waals surface area (Å²) in [6.07, 6.45) is 0.888. The second kappa shape index (κ2) is 7.11. The topological polar surface area (TPSA) is 29.3 Å². The van der Waals surface area contributed by atoms with Crippen molar-refractivity contribution in [2.75, 3.05) is 18.5 Å². The third-order valence-electron chi connectivity index (χ3n) is 3.20. The highest BCUT2D eigenvalue weighted by Gasteiger charge is 2.06. The summed E-state index contributed by atoms with van der Waals surface area (Å²) in [7, 11) is 2.07. The van der Waals surface area contributed by atoms with Crippen molar-refractivity contribution in [3.05, 3.63) is 63.1 Å². The van der Waals surface area contributed by atoms with Crippen molar-refractivity contribution in [1.82, 2.24) is 0 Å². The number of hydrogen-bond donors (Lipinski definition) is 1. The van der Waals surface area contributed by atoms with Crippen LogP contribution in [0.3, 0.4) is 0 Å². The Hall–Kier alpha value is -1.03. The number of halogens is 2. The van der Waals surface area contributed by atoms with Crippen molar-refractivity contribution in [1.29, 1.82) is 0 Å². The molecule has 0 heterocycles. The number of benzene rings is 2. The SMILES string of the molecule is CN(Cc1cccc(Cl)c1)c1ccc(CCN)c(Br)c1. The van der Waals surface area contributed by atoms with E-state index in [-0.39, 0.29) is 0 Å². The second-order valence-electron chi connectivity index (χ2n) is 4.80. The zero-order valence-electron chi connectivity index (χ0n) is 11.4. The van der Waals surface area contributed by atoms with Crippen LogP contribution in [0.4, 0.5) is 5.69 Å². The zero-order valence-corrected chi connectivity index (χ0v) is 13.8. The molecule has 4 heteroatoms. The Morgan fingerprint density at radius 1 is 1.20 bits per heavy atom. The summed E-state index contributed by atoms with van der Waals surface area (Å²) in [5.74, 6) is 0. The maximum Gasteiger partial charge on any atom is 0.0426 e. The molecule has 0 aliphatic heterocycles. The first-order valence-corrected chi connectivity index (χ1v) is 7.71.